The normalized spacial score (nSPS) is 17.7. The molecule has 0 radical (unpaired) electrons. The van der Waals surface area contributed by atoms with Gasteiger partial charge in [-0.25, -0.2) is 0 Å². The number of phenols is 1. The molecule has 0 amide bonds. The molecular formula is C25H23Cl2N3O2. The second-order valence-electron chi connectivity index (χ2n) is 7.82. The van der Waals surface area contributed by atoms with E-state index in [0.29, 0.717) is 35.2 Å². The third kappa shape index (κ3) is 4.69. The third-order valence-electron chi connectivity index (χ3n) is 5.95. The molecule has 2 atom stereocenters. The molecule has 2 N–H and O–H groups in total. The summed E-state index contributed by atoms with van der Waals surface area (Å²) in [5, 5.41) is 30.2. The number of anilines is 1. The Balaban J connectivity index is 1.67. The second-order valence-corrected chi connectivity index (χ2v) is 8.67. The van der Waals surface area contributed by atoms with E-state index in [1.807, 2.05) is 42.5 Å². The fourth-order valence-corrected chi connectivity index (χ4v) is 4.70. The number of phenolic OH excluding ortho intramolecular Hbond substituents is 1. The molecule has 32 heavy (non-hydrogen) atoms. The Hall–Kier alpha value is -2.75. The highest BCUT2D eigenvalue weighted by Gasteiger charge is 2.33. The van der Waals surface area contributed by atoms with Crippen molar-refractivity contribution in [2.24, 2.45) is 0 Å². The lowest BCUT2D eigenvalue weighted by Crippen LogP contribution is -2.50. The Kier molecular flexibility index (Phi) is 6.88. The molecule has 1 aliphatic heterocycles. The van der Waals surface area contributed by atoms with Gasteiger partial charge in [0.15, 0.2) is 0 Å². The fourth-order valence-electron chi connectivity index (χ4n) is 4.29. The van der Waals surface area contributed by atoms with Crippen LogP contribution in [-0.4, -0.2) is 41.4 Å². The minimum Gasteiger partial charge on any atom is -0.508 e. The number of hydrogen-bond acceptors (Lipinski definition) is 5. The van der Waals surface area contributed by atoms with E-state index >= 15 is 0 Å². The Labute approximate surface area is 197 Å². The summed E-state index contributed by atoms with van der Waals surface area (Å²) < 4.78 is 0. The van der Waals surface area contributed by atoms with E-state index in [-0.39, 0.29) is 24.4 Å². The molecule has 5 nitrogen and oxygen atoms in total. The SMILES string of the molecule is N#Cc1ccc([C@@H](CO)N2CCN(c3ccc(O)cc3Cl)[C@H](c3ccc(Cl)cc3)C2)cc1. The van der Waals surface area contributed by atoms with Crippen molar-refractivity contribution in [2.75, 3.05) is 31.1 Å². The molecule has 0 aliphatic carbocycles. The van der Waals surface area contributed by atoms with Gasteiger partial charge in [-0.15, -0.1) is 0 Å². The van der Waals surface area contributed by atoms with Crippen LogP contribution >= 0.6 is 23.2 Å². The van der Waals surface area contributed by atoms with Crippen LogP contribution in [-0.2, 0) is 0 Å². The van der Waals surface area contributed by atoms with Crippen LogP contribution in [0, 0.1) is 11.3 Å². The number of nitrogens with zero attached hydrogens (tertiary/aromatic N) is 3. The largest absolute Gasteiger partial charge is 0.508 e. The number of halogens is 2. The van der Waals surface area contributed by atoms with Gasteiger partial charge < -0.3 is 15.1 Å². The van der Waals surface area contributed by atoms with Gasteiger partial charge in [0, 0.05) is 30.7 Å². The number of nitriles is 1. The van der Waals surface area contributed by atoms with Crippen molar-refractivity contribution in [3.05, 3.63) is 93.5 Å². The highest BCUT2D eigenvalue weighted by atomic mass is 35.5. The molecule has 1 heterocycles. The molecular weight excluding hydrogens is 445 g/mol. The van der Waals surface area contributed by atoms with Crippen molar-refractivity contribution in [3.8, 4) is 11.8 Å². The smallest absolute Gasteiger partial charge is 0.117 e. The van der Waals surface area contributed by atoms with Crippen LogP contribution in [0.4, 0.5) is 5.69 Å². The summed E-state index contributed by atoms with van der Waals surface area (Å²) in [4.78, 5) is 4.49. The van der Waals surface area contributed by atoms with Crippen molar-refractivity contribution in [2.45, 2.75) is 12.1 Å². The quantitative estimate of drug-likeness (QED) is 0.541. The van der Waals surface area contributed by atoms with Gasteiger partial charge in [0.2, 0.25) is 0 Å². The van der Waals surface area contributed by atoms with E-state index in [2.05, 4.69) is 15.9 Å². The minimum absolute atomic E-state index is 0.0286. The first-order chi connectivity index (χ1) is 15.5. The maximum Gasteiger partial charge on any atom is 0.117 e. The lowest BCUT2D eigenvalue weighted by molar-refractivity contribution is 0.103. The van der Waals surface area contributed by atoms with Crippen LogP contribution in [0.25, 0.3) is 0 Å². The average molecular weight is 468 g/mol. The zero-order valence-electron chi connectivity index (χ0n) is 17.3. The van der Waals surface area contributed by atoms with Crippen molar-refractivity contribution in [3.63, 3.8) is 0 Å². The lowest BCUT2D eigenvalue weighted by atomic mass is 9.97. The lowest BCUT2D eigenvalue weighted by Gasteiger charge is -2.46. The number of piperazine rings is 1. The van der Waals surface area contributed by atoms with Gasteiger partial charge in [-0.3, -0.25) is 4.90 Å². The number of aromatic hydroxyl groups is 1. The van der Waals surface area contributed by atoms with Gasteiger partial charge in [0.05, 0.1) is 41.0 Å². The van der Waals surface area contributed by atoms with Crippen molar-refractivity contribution in [1.29, 1.82) is 5.26 Å². The van der Waals surface area contributed by atoms with Crippen molar-refractivity contribution < 1.29 is 10.2 Å². The highest BCUT2D eigenvalue weighted by molar-refractivity contribution is 6.33. The Bertz CT molecular complexity index is 1110. The first-order valence-corrected chi connectivity index (χ1v) is 11.1. The fraction of sp³-hybridized carbons (Fsp3) is 0.240. The molecule has 1 saturated heterocycles. The molecule has 3 aromatic rings. The minimum atomic E-state index is -0.185. The summed E-state index contributed by atoms with van der Waals surface area (Å²) in [6, 6.07) is 22.1. The molecule has 164 valence electrons. The van der Waals surface area contributed by atoms with Crippen molar-refractivity contribution >= 4 is 28.9 Å². The number of aliphatic hydroxyl groups is 1. The van der Waals surface area contributed by atoms with Crippen molar-refractivity contribution in [1.82, 2.24) is 4.90 Å². The summed E-state index contributed by atoms with van der Waals surface area (Å²) >= 11 is 12.6. The molecule has 1 aliphatic rings. The van der Waals surface area contributed by atoms with Crippen LogP contribution in [0.1, 0.15) is 28.8 Å². The third-order valence-corrected chi connectivity index (χ3v) is 6.50. The maximum atomic E-state index is 10.2. The van der Waals surface area contributed by atoms with Gasteiger partial charge >= 0.3 is 0 Å². The summed E-state index contributed by atoms with van der Waals surface area (Å²) in [7, 11) is 0. The molecule has 4 rings (SSSR count). The predicted molar refractivity (Wildman–Crippen MR) is 127 cm³/mol. The van der Waals surface area contributed by atoms with Crippen LogP contribution in [0.5, 0.6) is 5.75 Å². The van der Waals surface area contributed by atoms with Crippen LogP contribution < -0.4 is 4.90 Å². The first kappa shape index (κ1) is 22.4. The molecule has 3 aromatic carbocycles. The molecule has 0 saturated carbocycles. The first-order valence-electron chi connectivity index (χ1n) is 10.4. The number of benzene rings is 3. The van der Waals surface area contributed by atoms with E-state index in [0.717, 1.165) is 16.8 Å². The summed E-state index contributed by atoms with van der Waals surface area (Å²) in [6.07, 6.45) is 0. The van der Waals surface area contributed by atoms with E-state index in [4.69, 9.17) is 28.5 Å². The predicted octanol–water partition coefficient (Wildman–Crippen LogP) is 5.17. The molecule has 0 bridgehead atoms. The van der Waals surface area contributed by atoms with Crippen LogP contribution in [0.3, 0.4) is 0 Å². The van der Waals surface area contributed by atoms with Gasteiger partial charge in [-0.05, 0) is 47.5 Å². The zero-order chi connectivity index (χ0) is 22.7. The van der Waals surface area contributed by atoms with E-state index in [1.54, 1.807) is 24.3 Å². The average Bonchev–Trinajstić information content (AvgIpc) is 2.81. The van der Waals surface area contributed by atoms with E-state index in [9.17, 15) is 10.2 Å². The maximum absolute atomic E-state index is 10.2. The summed E-state index contributed by atoms with van der Waals surface area (Å²) in [5.41, 5.74) is 3.50. The molecule has 1 fully saturated rings. The Morgan fingerprint density at radius 1 is 1.00 bits per heavy atom. The molecule has 0 aromatic heterocycles. The standard InChI is InChI=1S/C25H23Cl2N3O2/c26-20-7-5-18(6-8-20)24-15-29(25(16-31)19-3-1-17(14-28)2-4-19)11-12-30(24)23-10-9-21(32)13-22(23)27/h1-10,13,24-25,31-32H,11-12,15-16H2/t24-,25+/m0/s1. The van der Waals surface area contributed by atoms with Gasteiger partial charge in [0.1, 0.15) is 5.75 Å². The van der Waals surface area contributed by atoms with Crippen LogP contribution in [0.2, 0.25) is 10.0 Å². The topological polar surface area (TPSA) is 70.7 Å². The Morgan fingerprint density at radius 3 is 2.34 bits per heavy atom. The van der Waals surface area contributed by atoms with Gasteiger partial charge in [-0.2, -0.15) is 5.26 Å². The van der Waals surface area contributed by atoms with E-state index in [1.165, 1.54) is 0 Å². The summed E-state index contributed by atoms with van der Waals surface area (Å²) in [5.74, 6) is 0.126. The van der Waals surface area contributed by atoms with E-state index < -0.39 is 0 Å². The number of hydrogen-bond donors (Lipinski definition) is 2. The molecule has 0 unspecified atom stereocenters. The van der Waals surface area contributed by atoms with Gasteiger partial charge in [-0.1, -0.05) is 47.5 Å². The number of rotatable bonds is 5. The molecule has 7 heteroatoms. The number of aliphatic hydroxyl groups excluding tert-OH is 1. The van der Waals surface area contributed by atoms with Crippen LogP contribution in [0.15, 0.2) is 66.7 Å². The Morgan fingerprint density at radius 2 is 1.72 bits per heavy atom. The molecule has 0 spiro atoms. The van der Waals surface area contributed by atoms with Gasteiger partial charge in [0.25, 0.3) is 0 Å². The second kappa shape index (κ2) is 9.81. The zero-order valence-corrected chi connectivity index (χ0v) is 18.8. The summed E-state index contributed by atoms with van der Waals surface area (Å²) in [6.45, 7) is 2.03. The monoisotopic (exact) mass is 467 g/mol. The highest BCUT2D eigenvalue weighted by Crippen LogP contribution is 2.38.